The number of hydrogen-bond donors (Lipinski definition) is 5. The zero-order valence-electron chi connectivity index (χ0n) is 48.8. The van der Waals surface area contributed by atoms with Crippen molar-refractivity contribution in [3.8, 4) is 25.1 Å². The molecule has 1 rings (SSSR count). The molecule has 0 heterocycles. The molecule has 0 saturated heterocycles. The van der Waals surface area contributed by atoms with Crippen molar-refractivity contribution >= 4 is 22.5 Å². The van der Waals surface area contributed by atoms with Crippen LogP contribution in [0.25, 0.3) is 20.9 Å². The van der Waals surface area contributed by atoms with Gasteiger partial charge in [0, 0.05) is 29.5 Å². The summed E-state index contributed by atoms with van der Waals surface area (Å²) in [6.45, 7) is 17.4. The predicted octanol–water partition coefficient (Wildman–Crippen LogP) is 1.08. The van der Waals surface area contributed by atoms with Crippen molar-refractivity contribution in [2.75, 3.05) is 264 Å². The molecule has 31 nitrogen and oxygen atoms in total. The number of azide groups is 2. The van der Waals surface area contributed by atoms with E-state index in [-0.39, 0.29) is 56.9 Å². The maximum atomic E-state index is 11.9. The zero-order chi connectivity index (χ0) is 61.7. The largest absolute Gasteiger partial charge is 0.444 e. The zero-order valence-corrected chi connectivity index (χ0v) is 50.4. The van der Waals surface area contributed by atoms with E-state index in [2.05, 4.69) is 35.6 Å². The average molecular weight is 1260 g/mol. The van der Waals surface area contributed by atoms with Gasteiger partial charge in [0.1, 0.15) is 25.4 Å². The Balaban J connectivity index is -0.000000314. The molecule has 0 unspecified atom stereocenters. The molecule has 6 N–H and O–H groups in total. The van der Waals surface area contributed by atoms with E-state index in [9.17, 15) is 8.42 Å². The van der Waals surface area contributed by atoms with E-state index in [4.69, 9.17) is 125 Å². The first-order chi connectivity index (χ1) is 40.7. The molecular weight excluding hydrogens is 1160 g/mol. The van der Waals surface area contributed by atoms with Crippen LogP contribution >= 0.6 is 12.4 Å². The highest BCUT2D eigenvalue weighted by atomic mass is 35.5. The minimum atomic E-state index is -3.74. The molecule has 0 bridgehead atoms. The number of hydrogen-bond acceptors (Lipinski definition) is 27. The second-order valence-corrected chi connectivity index (χ2v) is 16.4. The van der Waals surface area contributed by atoms with Crippen molar-refractivity contribution in [2.45, 2.75) is 11.8 Å². The Labute approximate surface area is 502 Å². The van der Waals surface area contributed by atoms with Crippen molar-refractivity contribution in [3.05, 3.63) is 50.7 Å². The molecule has 0 aliphatic rings. The first kappa shape index (κ1) is 88.7. The van der Waals surface area contributed by atoms with Crippen LogP contribution in [0, 0.1) is 32.0 Å². The average Bonchev–Trinajstić information content (AvgIpc) is 3.63. The van der Waals surface area contributed by atoms with Gasteiger partial charge in [0.05, 0.1) is 236 Å². The summed E-state index contributed by atoms with van der Waals surface area (Å²) in [6, 6.07) is 6.46. The number of benzene rings is 1. The van der Waals surface area contributed by atoms with Gasteiger partial charge < -0.3 is 107 Å². The third kappa shape index (κ3) is 84.4. The Bertz CT molecular complexity index is 1710. The summed E-state index contributed by atoms with van der Waals surface area (Å²) in [5.41, 5.74) is 22.2. The Morgan fingerprint density at radius 1 is 0.417 bits per heavy atom. The van der Waals surface area contributed by atoms with Crippen molar-refractivity contribution in [2.24, 2.45) is 16.0 Å². The van der Waals surface area contributed by atoms with Gasteiger partial charge in [-0.05, 0) is 30.1 Å². The Hall–Kier alpha value is -4.04. The van der Waals surface area contributed by atoms with Crippen molar-refractivity contribution in [1.29, 1.82) is 0 Å². The van der Waals surface area contributed by atoms with Crippen LogP contribution in [-0.2, 0) is 94.8 Å². The number of nitrogens with zero attached hydrogens (tertiary/aromatic N) is 6. The molecule has 33 heteroatoms. The number of halogens is 1. The second kappa shape index (κ2) is 83.2. The van der Waals surface area contributed by atoms with Gasteiger partial charge in [-0.1, -0.05) is 40.8 Å². The van der Waals surface area contributed by atoms with Gasteiger partial charge in [-0.3, -0.25) is 4.18 Å². The van der Waals surface area contributed by atoms with Crippen LogP contribution in [0.4, 0.5) is 0 Å². The van der Waals surface area contributed by atoms with Gasteiger partial charge >= 0.3 is 0 Å². The van der Waals surface area contributed by atoms with Crippen molar-refractivity contribution in [3.63, 3.8) is 0 Å². The highest BCUT2D eigenvalue weighted by Gasteiger charge is 2.14. The quantitative estimate of drug-likeness (QED) is 0.0152. The summed E-state index contributed by atoms with van der Waals surface area (Å²) in [5, 5.41) is 40.2. The highest BCUT2D eigenvalue weighted by Crippen LogP contribution is 2.13. The fourth-order valence-corrected chi connectivity index (χ4v) is 5.54. The minimum absolute atomic E-state index is 0. The number of nitrogens with two attached hydrogens (primary N) is 1. The normalized spacial score (nSPS) is 10.3. The third-order valence-corrected chi connectivity index (χ3v) is 9.65. The molecule has 0 aromatic heterocycles. The smallest absolute Gasteiger partial charge is 0.297 e. The van der Waals surface area contributed by atoms with E-state index in [1.807, 2.05) is 13.0 Å². The summed E-state index contributed by atoms with van der Waals surface area (Å²) in [4.78, 5) is 5.32. The van der Waals surface area contributed by atoms with Crippen LogP contribution in [0.2, 0.25) is 0 Å². The van der Waals surface area contributed by atoms with Crippen LogP contribution in [0.5, 0.6) is 0 Å². The van der Waals surface area contributed by atoms with Crippen LogP contribution in [0.15, 0.2) is 39.4 Å². The number of ether oxygens (including phenoxy) is 17. The number of rotatable bonds is 57. The summed E-state index contributed by atoms with van der Waals surface area (Å²) in [7, 11) is -3.74. The molecule has 0 fully saturated rings. The lowest BCUT2D eigenvalue weighted by Gasteiger charge is -2.08. The van der Waals surface area contributed by atoms with E-state index in [1.54, 1.807) is 12.1 Å². The molecule has 0 aliphatic heterocycles. The van der Waals surface area contributed by atoms with E-state index in [1.165, 1.54) is 12.1 Å². The molecule has 0 atom stereocenters. The standard InChI is InChI=1S/C15H24O7S.C10H17N3O4.C10H19NO4.C8H17N3O4.C8H18O5.ClH/c1-14-2-4-15(5-3-14)23(17,18)22-13-12-21-11-10-20-9-8-19-7-6-16;1-2-14-5-6-16-9-10-17-8-7-15-4-3-12-13-11;1-2-12-5-6-14-9-10-15-8-7-13-4-3-11;9-11-10-1-3-13-5-7-15-8-6-14-4-2-12;9-1-3-11-5-7-13-8-6-12-4-2-10;/h2-5,16H,6-13H2,1H3;1H,3-10H2;1H,3-11H2;12H,1-8H2;9-10H,1-8H2;1H. The number of aliphatic hydroxyl groups excluding tert-OH is 4. The maximum Gasteiger partial charge on any atom is 0.297 e. The van der Waals surface area contributed by atoms with Crippen LogP contribution in [0.3, 0.4) is 0 Å². The molecule has 84 heavy (non-hydrogen) atoms. The summed E-state index contributed by atoms with van der Waals surface area (Å²) >= 11 is 0. The first-order valence-corrected chi connectivity index (χ1v) is 28.1. The highest BCUT2D eigenvalue weighted by molar-refractivity contribution is 7.86. The van der Waals surface area contributed by atoms with Gasteiger partial charge in [-0.15, -0.1) is 12.4 Å². The van der Waals surface area contributed by atoms with E-state index in [0.717, 1.165) is 5.56 Å². The monoisotopic (exact) mass is 1260 g/mol. The van der Waals surface area contributed by atoms with Gasteiger partial charge in [0.15, 0.2) is 0 Å². The number of aliphatic hydroxyl groups is 4. The van der Waals surface area contributed by atoms with Crippen LogP contribution in [-0.4, -0.2) is 293 Å². The fourth-order valence-electron chi connectivity index (χ4n) is 4.65. The molecule has 0 saturated carbocycles. The van der Waals surface area contributed by atoms with Crippen LogP contribution in [0.1, 0.15) is 5.56 Å². The maximum absolute atomic E-state index is 11.9. The van der Waals surface area contributed by atoms with Gasteiger partial charge in [0.2, 0.25) is 0 Å². The topological polar surface area (TPSA) is 405 Å². The van der Waals surface area contributed by atoms with Gasteiger partial charge in [-0.2, -0.15) is 8.42 Å². The fraction of sp³-hybridized carbons (Fsp3) is 0.804. The molecule has 1 aromatic carbocycles. The summed E-state index contributed by atoms with van der Waals surface area (Å²) in [6.07, 6.45) is 13.9. The molecule has 0 aliphatic carbocycles. The molecule has 0 amide bonds. The second-order valence-electron chi connectivity index (χ2n) is 14.8. The Morgan fingerprint density at radius 3 is 0.905 bits per heavy atom. The number of terminal acetylenes is 2. The van der Waals surface area contributed by atoms with E-state index in [0.29, 0.717) is 224 Å². The first-order valence-electron chi connectivity index (χ1n) is 26.6. The lowest BCUT2D eigenvalue weighted by atomic mass is 10.2. The molecular formula is C51H96ClN7O24S. The van der Waals surface area contributed by atoms with E-state index >= 15 is 0 Å². The predicted molar refractivity (Wildman–Crippen MR) is 309 cm³/mol. The number of aryl methyl sites for hydroxylation is 1. The Morgan fingerprint density at radius 2 is 0.655 bits per heavy atom. The molecule has 0 radical (unpaired) electrons. The molecule has 1 aromatic rings. The van der Waals surface area contributed by atoms with E-state index < -0.39 is 10.1 Å². The lowest BCUT2D eigenvalue weighted by molar-refractivity contribution is 0.00230. The SMILES string of the molecule is C#COCCOCCOCCOCCN.C#COCCOCCOCCOCCN=[N+]=[N-].Cc1ccc(S(=O)(=O)OCCOCCOCCOCCO)cc1.Cl.OCCOCCOCCOCCO.[N-]=[N+]=NCCOCCOCCOCCO. The lowest BCUT2D eigenvalue weighted by Crippen LogP contribution is -2.14. The van der Waals surface area contributed by atoms with Crippen LogP contribution < -0.4 is 5.73 Å². The van der Waals surface area contributed by atoms with Crippen molar-refractivity contribution < 1.29 is 114 Å². The van der Waals surface area contributed by atoms with Gasteiger partial charge in [-0.25, -0.2) is 0 Å². The molecule has 492 valence electrons. The minimum Gasteiger partial charge on any atom is -0.444 e. The summed E-state index contributed by atoms with van der Waals surface area (Å²) < 4.78 is 115. The Kier molecular flexibility index (Phi) is 87.8. The van der Waals surface area contributed by atoms with Crippen molar-refractivity contribution in [1.82, 2.24) is 0 Å². The molecule has 0 spiro atoms. The summed E-state index contributed by atoms with van der Waals surface area (Å²) in [5.74, 6) is 0. The third-order valence-electron chi connectivity index (χ3n) is 8.32. The van der Waals surface area contributed by atoms with Gasteiger partial charge in [0.25, 0.3) is 10.1 Å².